The normalized spacial score (nSPS) is 31.1. The molecule has 4 fully saturated rings. The first-order chi connectivity index (χ1) is 67.3. The number of aromatic hydroxyl groups is 4. The van der Waals surface area contributed by atoms with E-state index in [0.717, 1.165) is 0 Å². The number of aliphatic hydroxyl groups is 16. The molecule has 4 saturated carbocycles. The van der Waals surface area contributed by atoms with E-state index >= 15 is 0 Å². The highest BCUT2D eigenvalue weighted by molar-refractivity contribution is 6.28. The van der Waals surface area contributed by atoms with Crippen LogP contribution in [0.3, 0.4) is 0 Å². The minimum atomic E-state index is -2.89. The second-order valence-electron chi connectivity index (χ2n) is 36.3. The molecule has 4 amide bonds. The van der Waals surface area contributed by atoms with Gasteiger partial charge in [0.05, 0.1) is 94.5 Å². The van der Waals surface area contributed by atoms with Crippen LogP contribution in [0.25, 0.3) is 23.0 Å². The van der Waals surface area contributed by atoms with Crippen molar-refractivity contribution in [1.29, 1.82) is 0 Å². The molecule has 0 heterocycles. The van der Waals surface area contributed by atoms with E-state index in [1.165, 1.54) is 100 Å². The minimum Gasteiger partial charge on any atom is -0.508 e. The lowest BCUT2D eigenvalue weighted by atomic mass is 9.54. The highest BCUT2D eigenvalue weighted by atomic mass is 16.4. The number of phenols is 4. The Kier molecular flexibility index (Phi) is 36.5. The van der Waals surface area contributed by atoms with Gasteiger partial charge in [0.15, 0.2) is 45.5 Å². The average Bonchev–Trinajstić information content (AvgIpc) is 0.699. The molecule has 4 aromatic rings. The third-order valence-electron chi connectivity index (χ3n) is 28.6. The second kappa shape index (κ2) is 44.8. The zero-order valence-electron chi connectivity index (χ0n) is 84.6. The van der Waals surface area contributed by atoms with Crippen molar-refractivity contribution in [1.82, 2.24) is 19.6 Å². The number of benzene rings is 4. The molecular weight excluding hydrogens is 1870 g/mol. The monoisotopic (exact) mass is 2010 g/mol. The fourth-order valence-corrected chi connectivity index (χ4v) is 22.3. The van der Waals surface area contributed by atoms with Crippen LogP contribution >= 0.6 is 0 Å². The number of nitrogens with zero attached hydrogens (tertiary/aromatic N) is 4. The Morgan fingerprint density at radius 1 is 0.306 bits per heavy atom. The molecule has 0 radical (unpaired) electrons. The number of carbonyl (C=O) groups is 12. The van der Waals surface area contributed by atoms with Crippen LogP contribution in [0.15, 0.2) is 153 Å². The molecule has 0 bridgehead atoms. The molecule has 28 N–H and O–H groups in total. The summed E-state index contributed by atoms with van der Waals surface area (Å²) in [6.07, 6.45) is -2.36. The van der Waals surface area contributed by atoms with Crippen molar-refractivity contribution in [2.24, 2.45) is 70.3 Å². The zero-order chi connectivity index (χ0) is 110. The maximum atomic E-state index is 13.7. The van der Waals surface area contributed by atoms with Gasteiger partial charge in [0.25, 0.3) is 23.6 Å². The maximum Gasteiger partial charge on any atom is 0.255 e. The Balaban J connectivity index is 0.000000248. The molecule has 0 spiro atoms. The molecule has 40 heteroatoms. The summed E-state index contributed by atoms with van der Waals surface area (Å²) < 4.78 is 0. The van der Waals surface area contributed by atoms with E-state index in [9.17, 15) is 160 Å². The predicted molar refractivity (Wildman–Crippen MR) is 526 cm³/mol. The number of Topliss-reactive ketones (excluding diaryl/α,β-unsaturated/α-hetero) is 8. The number of hydrogen-bond donors (Lipinski definition) is 24. The van der Waals surface area contributed by atoms with Crippen LogP contribution in [0.2, 0.25) is 0 Å². The van der Waals surface area contributed by atoms with Crippen molar-refractivity contribution in [2.45, 2.75) is 205 Å². The van der Waals surface area contributed by atoms with E-state index in [-0.39, 0.29) is 45.3 Å². The highest BCUT2D eigenvalue weighted by Gasteiger charge is 2.74. The van der Waals surface area contributed by atoms with Gasteiger partial charge < -0.3 is 125 Å². The molecule has 20 unspecified atom stereocenters. The van der Waals surface area contributed by atoms with E-state index in [2.05, 4.69) is 11.8 Å². The number of hydrogen-bond acceptors (Lipinski definition) is 36. The minimum absolute atomic E-state index is 0.0245. The number of rotatable bonds is 8. The molecule has 4 aromatic carbocycles. The molecule has 0 aliphatic heterocycles. The summed E-state index contributed by atoms with van der Waals surface area (Å²) in [5.74, 6) is -30.1. The van der Waals surface area contributed by atoms with Gasteiger partial charge in [0.1, 0.15) is 91.4 Å². The van der Waals surface area contributed by atoms with E-state index < -0.39 is 303 Å². The van der Waals surface area contributed by atoms with Crippen molar-refractivity contribution in [2.75, 3.05) is 56.4 Å². The van der Waals surface area contributed by atoms with Crippen LogP contribution in [-0.4, -0.2) is 319 Å². The van der Waals surface area contributed by atoms with Gasteiger partial charge in [-0.05, 0) is 154 Å². The average molecular weight is 2010 g/mol. The van der Waals surface area contributed by atoms with Crippen LogP contribution in [0.4, 0.5) is 0 Å². The van der Waals surface area contributed by atoms with E-state index in [0.29, 0.717) is 22.3 Å². The van der Waals surface area contributed by atoms with Crippen molar-refractivity contribution in [3.8, 4) is 34.8 Å². The van der Waals surface area contributed by atoms with Gasteiger partial charge in [-0.15, -0.1) is 11.8 Å². The number of aliphatic hydroxyl groups excluding tert-OH is 12. The number of carbonyl (C=O) groups excluding carboxylic acids is 12. The molecule has 0 saturated heterocycles. The molecular formula is C104H134N8O32. The number of likely N-dealkylation sites (N-methyl/N-ethyl adjacent to an activating group) is 4. The lowest BCUT2D eigenvalue weighted by molar-refractivity contribution is -0.170. The smallest absolute Gasteiger partial charge is 0.255 e. The molecule has 24 atom stereocenters. The fraction of sp³-hybridized carbons (Fsp3) is 0.462. The number of ketones is 8. The molecule has 40 nitrogen and oxygen atoms in total. The topological polar surface area (TPSA) is 726 Å². The first-order valence-electron chi connectivity index (χ1n) is 46.8. The number of nitrogens with two attached hydrogens (primary N) is 4. The highest BCUT2D eigenvalue weighted by Crippen LogP contribution is 2.62. The third-order valence-corrected chi connectivity index (χ3v) is 28.6. The number of fused-ring (bicyclic) bond motifs is 12. The first-order valence-corrected chi connectivity index (χ1v) is 46.8. The van der Waals surface area contributed by atoms with Gasteiger partial charge in [0, 0.05) is 46.0 Å². The van der Waals surface area contributed by atoms with Crippen molar-refractivity contribution >= 4 is 92.9 Å². The van der Waals surface area contributed by atoms with Crippen molar-refractivity contribution in [3.05, 3.63) is 197 Å². The van der Waals surface area contributed by atoms with Gasteiger partial charge >= 0.3 is 0 Å². The van der Waals surface area contributed by atoms with Crippen molar-refractivity contribution in [3.63, 3.8) is 0 Å². The first kappa shape index (κ1) is 117. The molecule has 0 aromatic heterocycles. The summed E-state index contributed by atoms with van der Waals surface area (Å²) in [6, 6.07) is 12.5. The Morgan fingerprint density at radius 2 is 0.458 bits per heavy atom. The van der Waals surface area contributed by atoms with Gasteiger partial charge in [-0.1, -0.05) is 144 Å². The van der Waals surface area contributed by atoms with E-state index in [1.807, 2.05) is 95.2 Å². The Morgan fingerprint density at radius 3 is 0.583 bits per heavy atom. The van der Waals surface area contributed by atoms with Crippen LogP contribution in [0, 0.1) is 59.2 Å². The Hall–Kier alpha value is -13.5. The molecule has 12 aliphatic rings. The number of amides is 4. The van der Waals surface area contributed by atoms with Crippen LogP contribution in [0.1, 0.15) is 179 Å². The number of phenolic OH excluding ortho intramolecular Hbond substituents is 4. The predicted octanol–water partition coefficient (Wildman–Crippen LogP) is 4.70. The fourth-order valence-electron chi connectivity index (χ4n) is 22.3. The number of allylic oxidation sites excluding steroid dienone is 2. The zero-order valence-corrected chi connectivity index (χ0v) is 84.6. The van der Waals surface area contributed by atoms with Gasteiger partial charge in [-0.3, -0.25) is 77.1 Å². The van der Waals surface area contributed by atoms with Gasteiger partial charge in [-0.2, -0.15) is 0 Å². The Labute approximate surface area is 832 Å². The lowest BCUT2D eigenvalue weighted by Gasteiger charge is -2.53. The summed E-state index contributed by atoms with van der Waals surface area (Å²) in [7, 11) is 11.7. The summed E-state index contributed by atoms with van der Waals surface area (Å²) >= 11 is 0. The lowest BCUT2D eigenvalue weighted by Crippen LogP contribution is -2.70. The standard InChI is InChI=1S/4C22H24N2O8.C4H8.C4H6.4C2H6/c4*1-7-8-5-4-6-9(25)11(8)16(26)12-10(7)17(27)14-15(24(2)3)18(28)13(21(23)31)20(30)22(14,32)19(12)29;2*1-3-4-2;4*1-2/h4*4-7,10,14-15,17,25-27,30,32H,1-3H3,(H2,23,31);3-4H,1-2H3;1-2H3;4*1-2H3/b;;;;4-3+;;;;;/t4*7?,10?,14?,15?,17?,22-;;;;;;/m0000....../s1. The van der Waals surface area contributed by atoms with Gasteiger partial charge in [-0.25, -0.2) is 0 Å². The van der Waals surface area contributed by atoms with Crippen LogP contribution in [0.5, 0.6) is 23.0 Å². The van der Waals surface area contributed by atoms with Crippen LogP contribution in [-0.2, 0) is 57.5 Å². The quantitative estimate of drug-likeness (QED) is 0.0645. The maximum absolute atomic E-state index is 13.7. The van der Waals surface area contributed by atoms with E-state index in [1.54, 1.807) is 76.2 Å². The van der Waals surface area contributed by atoms with Crippen LogP contribution < -0.4 is 22.9 Å². The summed E-state index contributed by atoms with van der Waals surface area (Å²) in [5, 5.41) is 220. The van der Waals surface area contributed by atoms with Gasteiger partial charge in [0.2, 0.25) is 23.1 Å². The molecule has 12 aliphatic carbocycles. The SMILES string of the molecule is C/C=C/C.CC.CC.CC.CC.CC#CC.CC1c2cccc(O)c2C(O)=C2C(=O)[C@]3(O)C(O)=C(C(N)=O)C(=O)C(N(C)C)C3C(O)C21.CC1c2cccc(O)c2C(O)=C2C(=O)[C@]3(O)C(O)=C(C(N)=O)C(=O)C(N(C)C)C3C(O)C21.CC1c2cccc(O)c2C(O)=C2C(=O)[C@]3(O)C(O)=C(C(N)=O)C(=O)C(N(C)C)C3C(O)C21.CC1c2cccc(O)c2C(O)=C2C(=O)[C@]3(O)C(O)=C(C(N)=O)C(=O)C(N(C)C)C3C(O)C21. The summed E-state index contributed by atoms with van der Waals surface area (Å²) in [5.41, 5.74) is 5.87. The number of primary amides is 4. The van der Waals surface area contributed by atoms with E-state index in [4.69, 9.17) is 22.9 Å². The second-order valence-corrected chi connectivity index (χ2v) is 36.3. The summed E-state index contributed by atoms with van der Waals surface area (Å²) in [4.78, 5) is 160. The molecule has 16 rings (SSSR count). The summed E-state index contributed by atoms with van der Waals surface area (Å²) in [6.45, 7) is 30.3. The molecule has 144 heavy (non-hydrogen) atoms. The largest absolute Gasteiger partial charge is 0.508 e. The Bertz CT molecular complexity index is 5520. The third kappa shape index (κ3) is 18.0. The van der Waals surface area contributed by atoms with Crippen molar-refractivity contribution < 1.29 is 160 Å². The molecule has 782 valence electrons.